The molecule has 1 aromatic heterocycles. The van der Waals surface area contributed by atoms with Gasteiger partial charge in [0.05, 0.1) is 5.56 Å². The number of hydrogen-bond acceptors (Lipinski definition) is 4. The van der Waals surface area contributed by atoms with Crippen LogP contribution in [0.15, 0.2) is 0 Å². The predicted octanol–water partition coefficient (Wildman–Crippen LogP) is 2.09. The zero-order valence-corrected chi connectivity index (χ0v) is 12.6. The lowest BCUT2D eigenvalue weighted by Gasteiger charge is -2.10. The molecule has 0 aliphatic heterocycles. The van der Waals surface area contributed by atoms with Crippen molar-refractivity contribution in [1.82, 2.24) is 0 Å². The average molecular weight is 296 g/mol. The number of primary amides is 1. The van der Waals surface area contributed by atoms with Gasteiger partial charge in [-0.1, -0.05) is 6.42 Å². The minimum Gasteiger partial charge on any atom is -0.372 e. The Labute approximate surface area is 122 Å². The van der Waals surface area contributed by atoms with Crippen molar-refractivity contribution in [2.45, 2.75) is 45.1 Å². The van der Waals surface area contributed by atoms with Crippen LogP contribution in [0.5, 0.6) is 0 Å². The van der Waals surface area contributed by atoms with E-state index in [1.807, 2.05) is 0 Å². The highest BCUT2D eigenvalue weighted by atomic mass is 32.1. The minimum absolute atomic E-state index is 0.258. The van der Waals surface area contributed by atoms with Gasteiger partial charge in [0.15, 0.2) is 0 Å². The van der Waals surface area contributed by atoms with Crippen LogP contribution in [0.3, 0.4) is 0 Å². The summed E-state index contributed by atoms with van der Waals surface area (Å²) in [7, 11) is 1.48. The number of hydrogen-bond donors (Lipinski definition) is 2. The second kappa shape index (κ2) is 6.37. The quantitative estimate of drug-likeness (QED) is 0.835. The third-order valence-electron chi connectivity index (χ3n) is 3.63. The Kier molecular flexibility index (Phi) is 4.77. The Hall–Kier alpha value is -1.40. The fourth-order valence-corrected chi connectivity index (χ4v) is 3.71. The number of rotatable bonds is 4. The van der Waals surface area contributed by atoms with Crippen LogP contribution in [0.25, 0.3) is 0 Å². The number of nitrogens with two attached hydrogens (primary N) is 1. The number of carbonyl (C=O) groups excluding carboxylic acids is 2. The van der Waals surface area contributed by atoms with E-state index < -0.39 is 12.0 Å². The number of carbonyl (C=O) groups is 2. The van der Waals surface area contributed by atoms with Gasteiger partial charge in [0.25, 0.3) is 11.8 Å². The van der Waals surface area contributed by atoms with Crippen LogP contribution >= 0.6 is 11.3 Å². The highest BCUT2D eigenvalue weighted by Gasteiger charge is 2.25. The maximum atomic E-state index is 11.9. The molecule has 5 nitrogen and oxygen atoms in total. The molecular formula is C14H20N2O3S. The van der Waals surface area contributed by atoms with Crippen molar-refractivity contribution in [1.29, 1.82) is 0 Å². The van der Waals surface area contributed by atoms with Crippen LogP contribution in [-0.4, -0.2) is 25.0 Å². The molecule has 0 radical (unpaired) electrons. The van der Waals surface area contributed by atoms with Gasteiger partial charge in [0.2, 0.25) is 0 Å². The van der Waals surface area contributed by atoms with Crippen molar-refractivity contribution in [3.05, 3.63) is 16.0 Å². The standard InChI is InChI=1S/C14H20N2O3S/c1-8(19-2)13(18)16-14-11(12(15)17)9-6-4-3-5-7-10(9)20-14/h8H,3-7H2,1-2H3,(H2,15,17)(H,16,18). The molecule has 110 valence electrons. The molecule has 0 spiro atoms. The van der Waals surface area contributed by atoms with Gasteiger partial charge < -0.3 is 15.8 Å². The molecular weight excluding hydrogens is 276 g/mol. The predicted molar refractivity (Wildman–Crippen MR) is 79.2 cm³/mol. The minimum atomic E-state index is -0.558. The number of ether oxygens (including phenoxy) is 1. The number of anilines is 1. The van der Waals surface area contributed by atoms with Gasteiger partial charge in [0.1, 0.15) is 11.1 Å². The van der Waals surface area contributed by atoms with Crippen molar-refractivity contribution in [3.63, 3.8) is 0 Å². The summed E-state index contributed by atoms with van der Waals surface area (Å²) in [6, 6.07) is 0. The molecule has 0 bridgehead atoms. The molecule has 3 N–H and O–H groups in total. The molecule has 0 saturated heterocycles. The molecule has 2 amide bonds. The van der Waals surface area contributed by atoms with Crippen LogP contribution in [-0.2, 0) is 22.4 Å². The number of methoxy groups -OCH3 is 1. The van der Waals surface area contributed by atoms with Gasteiger partial charge in [0, 0.05) is 12.0 Å². The van der Waals surface area contributed by atoms with Gasteiger partial charge in [-0.15, -0.1) is 11.3 Å². The maximum Gasteiger partial charge on any atom is 0.253 e. The van der Waals surface area contributed by atoms with Crippen LogP contribution in [0.2, 0.25) is 0 Å². The summed E-state index contributed by atoms with van der Waals surface area (Å²) in [5, 5.41) is 3.34. The first kappa shape index (κ1) is 15.0. The number of thiophene rings is 1. The van der Waals surface area contributed by atoms with Gasteiger partial charge in [-0.25, -0.2) is 0 Å². The van der Waals surface area contributed by atoms with Crippen molar-refractivity contribution in [2.24, 2.45) is 5.73 Å². The second-order valence-corrected chi connectivity index (χ2v) is 6.11. The average Bonchev–Trinajstić information content (AvgIpc) is 2.59. The van der Waals surface area contributed by atoms with Crippen molar-refractivity contribution in [3.8, 4) is 0 Å². The van der Waals surface area contributed by atoms with Crippen LogP contribution in [0, 0.1) is 0 Å². The lowest BCUT2D eigenvalue weighted by atomic mass is 10.1. The van der Waals surface area contributed by atoms with E-state index in [0.717, 1.165) is 31.2 Å². The molecule has 20 heavy (non-hydrogen) atoms. The third kappa shape index (κ3) is 3.02. The molecule has 2 rings (SSSR count). The molecule has 6 heteroatoms. The molecule has 0 fully saturated rings. The second-order valence-electron chi connectivity index (χ2n) is 5.00. The lowest BCUT2D eigenvalue weighted by Crippen LogP contribution is -2.27. The molecule has 1 unspecified atom stereocenters. The first-order valence-corrected chi connectivity index (χ1v) is 7.64. The smallest absolute Gasteiger partial charge is 0.253 e. The summed E-state index contributed by atoms with van der Waals surface area (Å²) in [5.41, 5.74) is 7.02. The Morgan fingerprint density at radius 1 is 1.30 bits per heavy atom. The molecule has 1 aliphatic rings. The molecule has 1 atom stereocenters. The molecule has 0 saturated carbocycles. The summed E-state index contributed by atoms with van der Waals surface area (Å²) in [4.78, 5) is 24.8. The monoisotopic (exact) mass is 296 g/mol. The molecule has 0 aromatic carbocycles. The van der Waals surface area contributed by atoms with E-state index in [4.69, 9.17) is 10.5 Å². The van der Waals surface area contributed by atoms with E-state index in [9.17, 15) is 9.59 Å². The summed E-state index contributed by atoms with van der Waals surface area (Å²) in [6.07, 6.45) is 4.61. The van der Waals surface area contributed by atoms with E-state index in [-0.39, 0.29) is 5.91 Å². The third-order valence-corrected chi connectivity index (χ3v) is 4.83. The van der Waals surface area contributed by atoms with E-state index in [1.54, 1.807) is 6.92 Å². The van der Waals surface area contributed by atoms with Crippen LogP contribution in [0.1, 0.15) is 47.0 Å². The highest BCUT2D eigenvalue weighted by molar-refractivity contribution is 7.17. The van der Waals surface area contributed by atoms with Crippen molar-refractivity contribution in [2.75, 3.05) is 12.4 Å². The number of fused-ring (bicyclic) bond motifs is 1. The Bertz CT molecular complexity index is 525. The number of amides is 2. The van der Waals surface area contributed by atoms with Gasteiger partial charge in [-0.05, 0) is 38.2 Å². The first-order valence-electron chi connectivity index (χ1n) is 6.82. The SMILES string of the molecule is COC(C)C(=O)Nc1sc2c(c1C(N)=O)CCCCC2. The van der Waals surface area contributed by atoms with E-state index in [1.165, 1.54) is 29.7 Å². The van der Waals surface area contributed by atoms with E-state index >= 15 is 0 Å². The summed E-state index contributed by atoms with van der Waals surface area (Å²) < 4.78 is 4.98. The van der Waals surface area contributed by atoms with E-state index in [2.05, 4.69) is 5.32 Å². The highest BCUT2D eigenvalue weighted by Crippen LogP contribution is 2.37. The number of nitrogens with one attached hydrogen (secondary N) is 1. The normalized spacial score (nSPS) is 16.1. The van der Waals surface area contributed by atoms with Crippen LogP contribution in [0.4, 0.5) is 5.00 Å². The molecule has 1 heterocycles. The van der Waals surface area contributed by atoms with Crippen molar-refractivity contribution < 1.29 is 14.3 Å². The maximum absolute atomic E-state index is 11.9. The number of aryl methyl sites for hydroxylation is 1. The summed E-state index contributed by atoms with van der Waals surface area (Å²) in [6.45, 7) is 1.66. The lowest BCUT2D eigenvalue weighted by molar-refractivity contribution is -0.124. The Morgan fingerprint density at radius 2 is 2.00 bits per heavy atom. The molecule has 1 aromatic rings. The van der Waals surface area contributed by atoms with Gasteiger partial charge in [-0.3, -0.25) is 9.59 Å². The zero-order chi connectivity index (χ0) is 14.7. The summed E-state index contributed by atoms with van der Waals surface area (Å²) in [5.74, 6) is -0.726. The fourth-order valence-electron chi connectivity index (χ4n) is 2.41. The molecule has 1 aliphatic carbocycles. The fraction of sp³-hybridized carbons (Fsp3) is 0.571. The van der Waals surface area contributed by atoms with Gasteiger partial charge >= 0.3 is 0 Å². The van der Waals surface area contributed by atoms with E-state index in [0.29, 0.717) is 10.6 Å². The van der Waals surface area contributed by atoms with Crippen LogP contribution < -0.4 is 11.1 Å². The summed E-state index contributed by atoms with van der Waals surface area (Å²) >= 11 is 1.47. The Balaban J connectivity index is 2.33. The largest absolute Gasteiger partial charge is 0.372 e. The zero-order valence-electron chi connectivity index (χ0n) is 11.8. The van der Waals surface area contributed by atoms with Gasteiger partial charge in [-0.2, -0.15) is 0 Å². The topological polar surface area (TPSA) is 81.4 Å². The Morgan fingerprint density at radius 3 is 2.65 bits per heavy atom. The first-order chi connectivity index (χ1) is 9.54. The van der Waals surface area contributed by atoms with Crippen molar-refractivity contribution >= 4 is 28.2 Å².